The van der Waals surface area contributed by atoms with Crippen LogP contribution in [0.2, 0.25) is 0 Å². The Kier molecular flexibility index (Phi) is 4.11. The van der Waals surface area contributed by atoms with Gasteiger partial charge in [0.25, 0.3) is 5.91 Å². The summed E-state index contributed by atoms with van der Waals surface area (Å²) < 4.78 is 40.6. The molecule has 1 aliphatic carbocycles. The highest BCUT2D eigenvalue weighted by Gasteiger charge is 2.41. The zero-order valence-electron chi connectivity index (χ0n) is 13.5. The predicted octanol–water partition coefficient (Wildman–Crippen LogP) is 3.80. The van der Waals surface area contributed by atoms with Crippen molar-refractivity contribution in [1.82, 2.24) is 9.78 Å². The van der Waals surface area contributed by atoms with E-state index in [-0.39, 0.29) is 0 Å². The summed E-state index contributed by atoms with van der Waals surface area (Å²) in [5.74, 6) is -0.309. The lowest BCUT2D eigenvalue weighted by Gasteiger charge is -2.24. The number of benzene rings is 1. The summed E-state index contributed by atoms with van der Waals surface area (Å²) in [5, 5.41) is 3.44. The number of hydrogen-bond acceptors (Lipinski definition) is 2. The van der Waals surface area contributed by atoms with Crippen LogP contribution in [-0.2, 0) is 13.2 Å². The second-order valence-corrected chi connectivity index (χ2v) is 6.21. The second kappa shape index (κ2) is 5.96. The van der Waals surface area contributed by atoms with Gasteiger partial charge in [-0.15, -0.1) is 0 Å². The van der Waals surface area contributed by atoms with Gasteiger partial charge in [0, 0.05) is 25.5 Å². The normalized spacial score (nSPS) is 14.7. The minimum atomic E-state index is -4.66. The molecular formula is C17H18F3N3O. The van der Waals surface area contributed by atoms with Crippen molar-refractivity contribution in [1.29, 1.82) is 0 Å². The summed E-state index contributed by atoms with van der Waals surface area (Å²) in [4.78, 5) is 14.4. The highest BCUT2D eigenvalue weighted by Crippen LogP contribution is 2.35. The molecule has 1 fully saturated rings. The minimum Gasteiger partial charge on any atom is -0.308 e. The molecule has 1 saturated carbocycles. The average Bonchev–Trinajstić information content (AvgIpc) is 3.23. The van der Waals surface area contributed by atoms with E-state index in [1.165, 1.54) is 11.9 Å². The van der Waals surface area contributed by atoms with Gasteiger partial charge in [-0.25, -0.2) is 0 Å². The molecule has 0 aliphatic heterocycles. The first kappa shape index (κ1) is 16.5. The lowest BCUT2D eigenvalue weighted by molar-refractivity contribution is -0.141. The maximum absolute atomic E-state index is 13.2. The van der Waals surface area contributed by atoms with Gasteiger partial charge in [-0.1, -0.05) is 18.2 Å². The molecule has 4 nitrogen and oxygen atoms in total. The molecule has 1 amide bonds. The largest absolute Gasteiger partial charge is 0.435 e. The zero-order valence-corrected chi connectivity index (χ0v) is 13.5. The van der Waals surface area contributed by atoms with Crippen molar-refractivity contribution in [2.45, 2.75) is 25.9 Å². The number of carbonyl (C=O) groups is 1. The van der Waals surface area contributed by atoms with Crippen molar-refractivity contribution in [2.24, 2.45) is 13.0 Å². The van der Waals surface area contributed by atoms with E-state index >= 15 is 0 Å². The number of para-hydroxylation sites is 1. The fourth-order valence-electron chi connectivity index (χ4n) is 2.72. The number of halogens is 3. The summed E-state index contributed by atoms with van der Waals surface area (Å²) in [7, 11) is 1.38. The van der Waals surface area contributed by atoms with Crippen molar-refractivity contribution in [3.63, 3.8) is 0 Å². The number of carbonyl (C=O) groups excluding carboxylic acids is 1. The Morgan fingerprint density at radius 1 is 1.33 bits per heavy atom. The van der Waals surface area contributed by atoms with Gasteiger partial charge in [-0.3, -0.25) is 9.48 Å². The molecule has 3 rings (SSSR count). The molecule has 0 spiro atoms. The molecule has 128 valence electrons. The highest BCUT2D eigenvalue weighted by molar-refractivity contribution is 6.07. The molecule has 2 aromatic rings. The molecule has 24 heavy (non-hydrogen) atoms. The van der Waals surface area contributed by atoms with E-state index < -0.39 is 23.3 Å². The fourth-order valence-corrected chi connectivity index (χ4v) is 2.72. The quantitative estimate of drug-likeness (QED) is 0.851. The maximum atomic E-state index is 13.2. The fraction of sp³-hybridized carbons (Fsp3) is 0.412. The van der Waals surface area contributed by atoms with Gasteiger partial charge in [0.15, 0.2) is 5.69 Å². The summed E-state index contributed by atoms with van der Waals surface area (Å²) in [6.45, 7) is 2.27. The van der Waals surface area contributed by atoms with Crippen LogP contribution in [0, 0.1) is 12.8 Å². The van der Waals surface area contributed by atoms with Gasteiger partial charge in [0.1, 0.15) is 0 Å². The van der Waals surface area contributed by atoms with E-state index in [9.17, 15) is 18.0 Å². The molecular weight excluding hydrogens is 319 g/mol. The molecule has 0 saturated heterocycles. The topological polar surface area (TPSA) is 38.1 Å². The van der Waals surface area contributed by atoms with Crippen LogP contribution in [0.15, 0.2) is 30.5 Å². The van der Waals surface area contributed by atoms with Crippen LogP contribution in [0.25, 0.3) is 0 Å². The van der Waals surface area contributed by atoms with Crippen molar-refractivity contribution in [3.8, 4) is 0 Å². The number of aryl methyl sites for hydroxylation is 2. The van der Waals surface area contributed by atoms with E-state index in [1.807, 2.05) is 19.1 Å². The Morgan fingerprint density at radius 3 is 2.58 bits per heavy atom. The third-order valence-electron chi connectivity index (χ3n) is 4.12. The first-order valence-corrected chi connectivity index (χ1v) is 7.75. The van der Waals surface area contributed by atoms with Crippen LogP contribution in [0.3, 0.4) is 0 Å². The van der Waals surface area contributed by atoms with E-state index in [2.05, 4.69) is 5.10 Å². The van der Waals surface area contributed by atoms with Gasteiger partial charge in [0.2, 0.25) is 0 Å². The molecule has 7 heteroatoms. The lowest BCUT2D eigenvalue weighted by atomic mass is 10.1. The lowest BCUT2D eigenvalue weighted by Crippen LogP contribution is -2.34. The first-order valence-electron chi connectivity index (χ1n) is 7.75. The van der Waals surface area contributed by atoms with E-state index in [1.54, 1.807) is 12.1 Å². The standard InChI is InChI=1S/C17H18F3N3O/c1-11-5-3-4-6-14(11)23(9-12-7-8-12)16(24)13-10-22(2)21-15(13)17(18,19)20/h3-6,10,12H,7-9H2,1-2H3. The van der Waals surface area contributed by atoms with Crippen LogP contribution in [0.5, 0.6) is 0 Å². The first-order chi connectivity index (χ1) is 11.3. The summed E-state index contributed by atoms with van der Waals surface area (Å²) in [6.07, 6.45) is -1.53. The van der Waals surface area contributed by atoms with Crippen molar-refractivity contribution in [3.05, 3.63) is 47.3 Å². The van der Waals surface area contributed by atoms with Crippen molar-refractivity contribution < 1.29 is 18.0 Å². The number of amides is 1. The molecule has 0 bridgehead atoms. The van der Waals surface area contributed by atoms with E-state index in [0.717, 1.165) is 29.3 Å². The zero-order chi connectivity index (χ0) is 17.5. The maximum Gasteiger partial charge on any atom is 0.435 e. The number of nitrogens with zero attached hydrogens (tertiary/aromatic N) is 3. The Bertz CT molecular complexity index is 763. The van der Waals surface area contributed by atoms with Gasteiger partial charge < -0.3 is 4.90 Å². The smallest absolute Gasteiger partial charge is 0.308 e. The number of rotatable bonds is 4. The van der Waals surface area contributed by atoms with Gasteiger partial charge in [-0.05, 0) is 37.3 Å². The molecule has 1 aliphatic rings. The highest BCUT2D eigenvalue weighted by atomic mass is 19.4. The molecule has 1 aromatic carbocycles. The van der Waals surface area contributed by atoms with Crippen molar-refractivity contribution >= 4 is 11.6 Å². The third kappa shape index (κ3) is 3.29. The predicted molar refractivity (Wildman–Crippen MR) is 83.8 cm³/mol. The van der Waals surface area contributed by atoms with Gasteiger partial charge >= 0.3 is 6.18 Å². The summed E-state index contributed by atoms with van der Waals surface area (Å²) >= 11 is 0. The number of hydrogen-bond donors (Lipinski definition) is 0. The van der Waals surface area contributed by atoms with E-state index in [4.69, 9.17) is 0 Å². The van der Waals surface area contributed by atoms with E-state index in [0.29, 0.717) is 18.2 Å². The average molecular weight is 337 g/mol. The Balaban J connectivity index is 2.02. The van der Waals surface area contributed by atoms with Crippen LogP contribution in [0.4, 0.5) is 18.9 Å². The minimum absolute atomic E-state index is 0.347. The van der Waals surface area contributed by atoms with Gasteiger partial charge in [0.05, 0.1) is 5.56 Å². The molecule has 1 heterocycles. The Labute approximate surface area is 137 Å². The van der Waals surface area contributed by atoms with Crippen LogP contribution >= 0.6 is 0 Å². The van der Waals surface area contributed by atoms with Crippen LogP contribution < -0.4 is 4.90 Å². The van der Waals surface area contributed by atoms with Crippen LogP contribution in [-0.4, -0.2) is 22.2 Å². The summed E-state index contributed by atoms with van der Waals surface area (Å²) in [5.41, 5.74) is -0.0476. The third-order valence-corrected chi connectivity index (χ3v) is 4.12. The second-order valence-electron chi connectivity index (χ2n) is 6.21. The number of alkyl halides is 3. The number of anilines is 1. The molecule has 1 aromatic heterocycles. The van der Waals surface area contributed by atoms with Crippen LogP contribution in [0.1, 0.15) is 34.5 Å². The SMILES string of the molecule is Cc1ccccc1N(CC1CC1)C(=O)c1cn(C)nc1C(F)(F)F. The monoisotopic (exact) mass is 337 g/mol. The summed E-state index contributed by atoms with van der Waals surface area (Å²) in [6, 6.07) is 7.23. The molecule has 0 unspecified atom stereocenters. The Hall–Kier alpha value is -2.31. The molecule has 0 atom stereocenters. The van der Waals surface area contributed by atoms with Crippen molar-refractivity contribution in [2.75, 3.05) is 11.4 Å². The molecule has 0 radical (unpaired) electrons. The Morgan fingerprint density at radius 2 is 2.00 bits per heavy atom. The number of aromatic nitrogens is 2. The van der Waals surface area contributed by atoms with Gasteiger partial charge in [-0.2, -0.15) is 18.3 Å². The molecule has 0 N–H and O–H groups in total.